The van der Waals surface area contributed by atoms with Crippen molar-refractivity contribution in [3.63, 3.8) is 0 Å². The number of hydrogen-bond donors (Lipinski definition) is 1. The predicted molar refractivity (Wildman–Crippen MR) is 109 cm³/mol. The summed E-state index contributed by atoms with van der Waals surface area (Å²) in [6, 6.07) is 10.1. The second kappa shape index (κ2) is 8.43. The highest BCUT2D eigenvalue weighted by molar-refractivity contribution is 7.92. The van der Waals surface area contributed by atoms with E-state index in [1.165, 1.54) is 7.11 Å². The standard InChI is InChI=1S/C20H24N2O5S/c1-13-8-6-11-18(14(13)2)22(28(5,25)26)12-19(23)21-17-10-7-9-16(15(17)3)20(24)27-4/h6-11H,12H2,1-5H3,(H,21,23). The summed E-state index contributed by atoms with van der Waals surface area (Å²) in [6.45, 7) is 4.98. The van der Waals surface area contributed by atoms with Gasteiger partial charge in [0.15, 0.2) is 0 Å². The summed E-state index contributed by atoms with van der Waals surface area (Å²) < 4.78 is 30.4. The molecule has 0 radical (unpaired) electrons. The van der Waals surface area contributed by atoms with Gasteiger partial charge in [0.1, 0.15) is 6.54 Å². The predicted octanol–water partition coefficient (Wildman–Crippen LogP) is 2.80. The molecule has 0 aliphatic carbocycles. The van der Waals surface area contributed by atoms with Crippen LogP contribution in [0.1, 0.15) is 27.0 Å². The average Bonchev–Trinajstić information content (AvgIpc) is 2.62. The number of ether oxygens (including phenoxy) is 1. The van der Waals surface area contributed by atoms with Crippen LogP contribution >= 0.6 is 0 Å². The first-order valence-electron chi connectivity index (χ1n) is 8.58. The van der Waals surface area contributed by atoms with E-state index >= 15 is 0 Å². The van der Waals surface area contributed by atoms with Crippen molar-refractivity contribution < 1.29 is 22.7 Å². The van der Waals surface area contributed by atoms with E-state index in [1.54, 1.807) is 37.3 Å². The molecule has 0 aliphatic rings. The Kier molecular flexibility index (Phi) is 6.45. The van der Waals surface area contributed by atoms with Crippen LogP contribution in [0.2, 0.25) is 0 Å². The molecule has 0 bridgehead atoms. The Morgan fingerprint density at radius 1 is 1.04 bits per heavy atom. The van der Waals surface area contributed by atoms with Gasteiger partial charge in [0.05, 0.1) is 24.6 Å². The number of carbonyl (C=O) groups is 2. The number of esters is 1. The molecule has 0 saturated heterocycles. The molecule has 0 aromatic heterocycles. The smallest absolute Gasteiger partial charge is 0.338 e. The number of aryl methyl sites for hydroxylation is 1. The second-order valence-electron chi connectivity index (χ2n) is 6.51. The first-order chi connectivity index (χ1) is 13.1. The molecular weight excluding hydrogens is 380 g/mol. The molecule has 2 aromatic rings. The minimum Gasteiger partial charge on any atom is -0.465 e. The first kappa shape index (κ1) is 21.4. The fourth-order valence-electron chi connectivity index (χ4n) is 2.81. The zero-order valence-corrected chi connectivity index (χ0v) is 17.4. The molecule has 150 valence electrons. The molecule has 28 heavy (non-hydrogen) atoms. The summed E-state index contributed by atoms with van der Waals surface area (Å²) in [4.78, 5) is 24.4. The fourth-order valence-corrected chi connectivity index (χ4v) is 3.72. The van der Waals surface area contributed by atoms with Crippen LogP contribution in [0.5, 0.6) is 0 Å². The van der Waals surface area contributed by atoms with Gasteiger partial charge >= 0.3 is 5.97 Å². The van der Waals surface area contributed by atoms with Crippen LogP contribution in [0, 0.1) is 20.8 Å². The van der Waals surface area contributed by atoms with E-state index < -0.39 is 21.9 Å². The molecule has 0 unspecified atom stereocenters. The van der Waals surface area contributed by atoms with Crippen molar-refractivity contribution in [2.75, 3.05) is 29.5 Å². The second-order valence-corrected chi connectivity index (χ2v) is 8.41. The van der Waals surface area contributed by atoms with Crippen LogP contribution in [-0.2, 0) is 19.6 Å². The summed E-state index contributed by atoms with van der Waals surface area (Å²) in [5.74, 6) is -1.03. The molecule has 1 amide bonds. The number of hydrogen-bond acceptors (Lipinski definition) is 5. The van der Waals surface area contributed by atoms with Crippen molar-refractivity contribution in [3.8, 4) is 0 Å². The molecule has 0 saturated carbocycles. The largest absolute Gasteiger partial charge is 0.465 e. The minimum atomic E-state index is -3.68. The molecule has 8 heteroatoms. The van der Waals surface area contributed by atoms with Crippen LogP contribution in [-0.4, -0.2) is 40.2 Å². The molecule has 0 spiro atoms. The summed E-state index contributed by atoms with van der Waals surface area (Å²) in [7, 11) is -2.40. The summed E-state index contributed by atoms with van der Waals surface area (Å²) >= 11 is 0. The van der Waals surface area contributed by atoms with E-state index in [9.17, 15) is 18.0 Å². The number of benzene rings is 2. The van der Waals surface area contributed by atoms with Gasteiger partial charge in [-0.25, -0.2) is 13.2 Å². The fraction of sp³-hybridized carbons (Fsp3) is 0.300. The normalized spacial score (nSPS) is 11.0. The molecule has 2 rings (SSSR count). The van der Waals surface area contributed by atoms with Crippen LogP contribution in [0.15, 0.2) is 36.4 Å². The van der Waals surface area contributed by atoms with Gasteiger partial charge in [0.25, 0.3) is 0 Å². The van der Waals surface area contributed by atoms with E-state index in [0.29, 0.717) is 22.5 Å². The maximum atomic E-state index is 12.6. The summed E-state index contributed by atoms with van der Waals surface area (Å²) in [5, 5.41) is 2.68. The van der Waals surface area contributed by atoms with Crippen molar-refractivity contribution in [1.82, 2.24) is 0 Å². The van der Waals surface area contributed by atoms with E-state index in [-0.39, 0.29) is 6.54 Å². The van der Waals surface area contributed by atoms with Gasteiger partial charge in [0.2, 0.25) is 15.9 Å². The van der Waals surface area contributed by atoms with Crippen molar-refractivity contribution in [2.45, 2.75) is 20.8 Å². The monoisotopic (exact) mass is 404 g/mol. The number of nitrogens with one attached hydrogen (secondary N) is 1. The Balaban J connectivity index is 2.32. The van der Waals surface area contributed by atoms with Crippen LogP contribution < -0.4 is 9.62 Å². The number of carbonyl (C=O) groups excluding carboxylic acids is 2. The molecule has 7 nitrogen and oxygen atoms in total. The van der Waals surface area contributed by atoms with Gasteiger partial charge in [-0.2, -0.15) is 0 Å². The highest BCUT2D eigenvalue weighted by Gasteiger charge is 2.23. The number of nitrogens with zero attached hydrogens (tertiary/aromatic N) is 1. The Bertz CT molecular complexity index is 1020. The lowest BCUT2D eigenvalue weighted by Gasteiger charge is -2.24. The SMILES string of the molecule is COC(=O)c1cccc(NC(=O)CN(c2cccc(C)c2C)S(C)(=O)=O)c1C. The number of amides is 1. The first-order valence-corrected chi connectivity index (χ1v) is 10.4. The molecule has 0 heterocycles. The van der Waals surface area contributed by atoms with Crippen molar-refractivity contribution >= 4 is 33.3 Å². The number of rotatable bonds is 6. The number of anilines is 2. The maximum Gasteiger partial charge on any atom is 0.338 e. The minimum absolute atomic E-state index is 0.329. The molecule has 1 N–H and O–H groups in total. The van der Waals surface area contributed by atoms with E-state index in [4.69, 9.17) is 4.74 Å². The van der Waals surface area contributed by atoms with Crippen LogP contribution in [0.4, 0.5) is 11.4 Å². The number of sulfonamides is 1. The third kappa shape index (κ3) is 4.69. The quantitative estimate of drug-likeness (QED) is 0.748. The zero-order valence-electron chi connectivity index (χ0n) is 16.6. The highest BCUT2D eigenvalue weighted by atomic mass is 32.2. The summed E-state index contributed by atoms with van der Waals surface area (Å²) in [6.07, 6.45) is 1.06. The van der Waals surface area contributed by atoms with E-state index in [0.717, 1.165) is 21.7 Å². The van der Waals surface area contributed by atoms with Gasteiger partial charge in [-0.3, -0.25) is 9.10 Å². The maximum absolute atomic E-state index is 12.6. The van der Waals surface area contributed by atoms with Gasteiger partial charge in [-0.05, 0) is 55.7 Å². The highest BCUT2D eigenvalue weighted by Crippen LogP contribution is 2.25. The summed E-state index contributed by atoms with van der Waals surface area (Å²) in [5.41, 5.74) is 3.45. The lowest BCUT2D eigenvalue weighted by atomic mass is 10.1. The van der Waals surface area contributed by atoms with Crippen LogP contribution in [0.25, 0.3) is 0 Å². The Morgan fingerprint density at radius 3 is 2.29 bits per heavy atom. The number of methoxy groups -OCH3 is 1. The average molecular weight is 404 g/mol. The Morgan fingerprint density at radius 2 is 1.68 bits per heavy atom. The Labute approximate surface area is 165 Å². The third-order valence-corrected chi connectivity index (χ3v) is 5.67. The third-order valence-electron chi connectivity index (χ3n) is 4.55. The molecule has 2 aromatic carbocycles. The molecule has 0 fully saturated rings. The van der Waals surface area contributed by atoms with Crippen molar-refractivity contribution in [3.05, 3.63) is 58.7 Å². The van der Waals surface area contributed by atoms with Gasteiger partial charge in [-0.1, -0.05) is 18.2 Å². The van der Waals surface area contributed by atoms with E-state index in [1.807, 2.05) is 19.9 Å². The van der Waals surface area contributed by atoms with Crippen LogP contribution in [0.3, 0.4) is 0 Å². The van der Waals surface area contributed by atoms with Gasteiger partial charge < -0.3 is 10.1 Å². The lowest BCUT2D eigenvalue weighted by molar-refractivity contribution is -0.114. The van der Waals surface area contributed by atoms with Crippen molar-refractivity contribution in [1.29, 1.82) is 0 Å². The lowest BCUT2D eigenvalue weighted by Crippen LogP contribution is -2.38. The van der Waals surface area contributed by atoms with Crippen molar-refractivity contribution in [2.24, 2.45) is 0 Å². The topological polar surface area (TPSA) is 92.8 Å². The van der Waals surface area contributed by atoms with Gasteiger partial charge in [0, 0.05) is 5.69 Å². The molecule has 0 atom stereocenters. The van der Waals surface area contributed by atoms with Gasteiger partial charge in [-0.15, -0.1) is 0 Å². The zero-order chi connectivity index (χ0) is 21.1. The molecule has 0 aliphatic heterocycles. The molecular formula is C20H24N2O5S. The Hall–Kier alpha value is -2.87. The van der Waals surface area contributed by atoms with E-state index in [2.05, 4.69) is 5.32 Å².